The van der Waals surface area contributed by atoms with Gasteiger partial charge < -0.3 is 4.98 Å². The van der Waals surface area contributed by atoms with E-state index in [1.165, 1.54) is 0 Å². The Morgan fingerprint density at radius 2 is 2.31 bits per heavy atom. The lowest BCUT2D eigenvalue weighted by atomic mass is 10.1. The quantitative estimate of drug-likeness (QED) is 0.810. The molecule has 0 atom stereocenters. The van der Waals surface area contributed by atoms with E-state index in [2.05, 4.69) is 27.0 Å². The minimum Gasteiger partial charge on any atom is -0.360 e. The van der Waals surface area contributed by atoms with Gasteiger partial charge in [0.1, 0.15) is 0 Å². The monoisotopic (exact) mass is 234 g/mol. The Labute approximate surface area is 84.3 Å². The second-order valence-electron chi connectivity index (χ2n) is 2.81. The highest BCUT2D eigenvalue weighted by Gasteiger charge is 2.04. The fraction of sp³-hybridized carbons (Fsp3) is 0.100. The Morgan fingerprint density at radius 3 is 3.08 bits per heavy atom. The van der Waals surface area contributed by atoms with Crippen molar-refractivity contribution in [2.24, 2.45) is 0 Å². The molecule has 0 amide bonds. The summed E-state index contributed by atoms with van der Waals surface area (Å²) in [5.74, 6) is 0. The molecule has 1 aromatic carbocycles. The molecule has 0 saturated heterocycles. The average Bonchev–Trinajstić information content (AvgIpc) is 2.51. The largest absolute Gasteiger partial charge is 0.360 e. The molecule has 0 unspecified atom stereocenters. The van der Waals surface area contributed by atoms with Crippen LogP contribution in [0, 0.1) is 11.3 Å². The molecule has 1 heterocycles. The van der Waals surface area contributed by atoms with E-state index in [1.807, 2.05) is 24.4 Å². The van der Waals surface area contributed by atoms with Crippen LogP contribution in [0.2, 0.25) is 0 Å². The van der Waals surface area contributed by atoms with Crippen LogP contribution in [0.15, 0.2) is 28.9 Å². The van der Waals surface area contributed by atoms with E-state index in [-0.39, 0.29) is 0 Å². The summed E-state index contributed by atoms with van der Waals surface area (Å²) in [6.45, 7) is 0. The van der Waals surface area contributed by atoms with E-state index >= 15 is 0 Å². The summed E-state index contributed by atoms with van der Waals surface area (Å²) in [5, 5.41) is 9.71. The summed E-state index contributed by atoms with van der Waals surface area (Å²) in [6, 6.07) is 8.12. The molecule has 0 aliphatic heterocycles. The van der Waals surface area contributed by atoms with Crippen molar-refractivity contribution in [3.63, 3.8) is 0 Å². The Bertz CT molecular complexity index is 479. The van der Waals surface area contributed by atoms with E-state index in [4.69, 9.17) is 5.26 Å². The normalized spacial score (nSPS) is 10.2. The third-order valence-corrected chi connectivity index (χ3v) is 2.68. The van der Waals surface area contributed by atoms with Crippen molar-refractivity contribution in [1.29, 1.82) is 5.26 Å². The molecule has 0 radical (unpaired) electrons. The molecule has 2 nitrogen and oxygen atoms in total. The Morgan fingerprint density at radius 1 is 1.46 bits per heavy atom. The smallest absolute Gasteiger partial charge is 0.0670 e. The number of para-hydroxylation sites is 1. The predicted molar refractivity (Wildman–Crippen MR) is 55.3 cm³/mol. The standard InChI is InChI=1S/C10H7BrN2/c11-9-3-1-2-8-7(4-5-12)6-13-10(8)9/h1-3,6,13H,4H2. The summed E-state index contributed by atoms with van der Waals surface area (Å²) < 4.78 is 1.04. The van der Waals surface area contributed by atoms with Gasteiger partial charge in [-0.15, -0.1) is 0 Å². The lowest BCUT2D eigenvalue weighted by Gasteiger charge is -1.93. The third-order valence-electron chi connectivity index (χ3n) is 2.02. The van der Waals surface area contributed by atoms with Crippen molar-refractivity contribution in [2.45, 2.75) is 6.42 Å². The molecule has 0 aliphatic carbocycles. The van der Waals surface area contributed by atoms with Crippen LogP contribution < -0.4 is 0 Å². The summed E-state index contributed by atoms with van der Waals surface area (Å²) >= 11 is 3.45. The number of H-pyrrole nitrogens is 1. The van der Waals surface area contributed by atoms with Gasteiger partial charge in [-0.1, -0.05) is 12.1 Å². The number of hydrogen-bond donors (Lipinski definition) is 1. The van der Waals surface area contributed by atoms with Crippen LogP contribution in [0.1, 0.15) is 5.56 Å². The summed E-state index contributed by atoms with van der Waals surface area (Å²) in [7, 11) is 0. The first-order valence-electron chi connectivity index (χ1n) is 3.94. The molecule has 13 heavy (non-hydrogen) atoms. The van der Waals surface area contributed by atoms with Gasteiger partial charge in [-0.3, -0.25) is 0 Å². The van der Waals surface area contributed by atoms with E-state index < -0.39 is 0 Å². The molecule has 3 heteroatoms. The highest BCUT2D eigenvalue weighted by molar-refractivity contribution is 9.10. The van der Waals surface area contributed by atoms with Crippen LogP contribution >= 0.6 is 15.9 Å². The summed E-state index contributed by atoms with van der Waals surface area (Å²) in [6.07, 6.45) is 2.34. The number of halogens is 1. The topological polar surface area (TPSA) is 39.6 Å². The van der Waals surface area contributed by atoms with Gasteiger partial charge in [0.25, 0.3) is 0 Å². The zero-order valence-electron chi connectivity index (χ0n) is 6.84. The van der Waals surface area contributed by atoms with Crippen molar-refractivity contribution >= 4 is 26.8 Å². The molecule has 0 fully saturated rings. The van der Waals surface area contributed by atoms with Crippen LogP contribution in [0.5, 0.6) is 0 Å². The fourth-order valence-corrected chi connectivity index (χ4v) is 1.89. The van der Waals surface area contributed by atoms with Gasteiger partial charge in [0.05, 0.1) is 18.0 Å². The summed E-state index contributed by atoms with van der Waals surface area (Å²) in [5.41, 5.74) is 2.12. The zero-order chi connectivity index (χ0) is 9.26. The Kier molecular flexibility index (Phi) is 2.07. The molecule has 0 spiro atoms. The minimum absolute atomic E-state index is 0.455. The van der Waals surface area contributed by atoms with E-state index in [9.17, 15) is 0 Å². The van der Waals surface area contributed by atoms with Crippen molar-refractivity contribution < 1.29 is 0 Å². The number of benzene rings is 1. The van der Waals surface area contributed by atoms with Gasteiger partial charge in [-0.2, -0.15) is 5.26 Å². The van der Waals surface area contributed by atoms with Gasteiger partial charge in [-0.05, 0) is 27.6 Å². The maximum absolute atomic E-state index is 8.59. The maximum Gasteiger partial charge on any atom is 0.0670 e. The number of aromatic amines is 1. The SMILES string of the molecule is N#CCc1c[nH]c2c(Br)cccc12. The molecule has 64 valence electrons. The van der Waals surface area contributed by atoms with Gasteiger partial charge >= 0.3 is 0 Å². The van der Waals surface area contributed by atoms with Crippen molar-refractivity contribution in [1.82, 2.24) is 4.98 Å². The van der Waals surface area contributed by atoms with Gasteiger partial charge in [-0.25, -0.2) is 0 Å². The van der Waals surface area contributed by atoms with Gasteiger partial charge in [0.2, 0.25) is 0 Å². The van der Waals surface area contributed by atoms with Crippen LogP contribution in [0.3, 0.4) is 0 Å². The zero-order valence-corrected chi connectivity index (χ0v) is 8.43. The summed E-state index contributed by atoms with van der Waals surface area (Å²) in [4.78, 5) is 3.14. The molecule has 0 bridgehead atoms. The molecule has 2 rings (SSSR count). The number of aromatic nitrogens is 1. The number of rotatable bonds is 1. The second kappa shape index (κ2) is 3.23. The van der Waals surface area contributed by atoms with E-state index in [0.29, 0.717) is 6.42 Å². The molecule has 0 aliphatic rings. The lowest BCUT2D eigenvalue weighted by Crippen LogP contribution is -1.76. The predicted octanol–water partition coefficient (Wildman–Crippen LogP) is 3.00. The number of nitrogens with one attached hydrogen (secondary N) is 1. The molecule has 0 saturated carbocycles. The van der Waals surface area contributed by atoms with E-state index in [1.54, 1.807) is 0 Å². The number of fused-ring (bicyclic) bond motifs is 1. The Hall–Kier alpha value is -1.27. The highest BCUT2D eigenvalue weighted by Crippen LogP contribution is 2.25. The highest BCUT2D eigenvalue weighted by atomic mass is 79.9. The van der Waals surface area contributed by atoms with Crippen LogP contribution in [0.25, 0.3) is 10.9 Å². The number of hydrogen-bond acceptors (Lipinski definition) is 1. The van der Waals surface area contributed by atoms with Crippen molar-refractivity contribution in [2.75, 3.05) is 0 Å². The fourth-order valence-electron chi connectivity index (χ4n) is 1.41. The van der Waals surface area contributed by atoms with Gasteiger partial charge in [0, 0.05) is 16.1 Å². The molecule has 2 aromatic rings. The van der Waals surface area contributed by atoms with Crippen LogP contribution in [0.4, 0.5) is 0 Å². The molecule has 1 N–H and O–H groups in total. The number of nitrogens with zero attached hydrogens (tertiary/aromatic N) is 1. The lowest BCUT2D eigenvalue weighted by molar-refractivity contribution is 1.28. The van der Waals surface area contributed by atoms with Crippen LogP contribution in [-0.4, -0.2) is 4.98 Å². The van der Waals surface area contributed by atoms with Crippen molar-refractivity contribution in [3.05, 3.63) is 34.4 Å². The van der Waals surface area contributed by atoms with Gasteiger partial charge in [0.15, 0.2) is 0 Å². The first kappa shape index (κ1) is 8.33. The average molecular weight is 235 g/mol. The maximum atomic E-state index is 8.59. The van der Waals surface area contributed by atoms with E-state index in [0.717, 1.165) is 20.9 Å². The van der Waals surface area contributed by atoms with Crippen molar-refractivity contribution in [3.8, 4) is 6.07 Å². The molecular formula is C10H7BrN2. The first-order chi connectivity index (χ1) is 6.33. The molecular weight excluding hydrogens is 228 g/mol. The third kappa shape index (κ3) is 1.34. The Balaban J connectivity index is 2.70. The number of nitriles is 1. The first-order valence-corrected chi connectivity index (χ1v) is 4.73. The van der Waals surface area contributed by atoms with Crippen LogP contribution in [-0.2, 0) is 6.42 Å². The molecule has 1 aromatic heterocycles. The minimum atomic E-state index is 0.455. The second-order valence-corrected chi connectivity index (χ2v) is 3.67.